The van der Waals surface area contributed by atoms with Crippen LogP contribution in [0.1, 0.15) is 5.56 Å². The van der Waals surface area contributed by atoms with Crippen molar-refractivity contribution < 1.29 is 18.6 Å². The van der Waals surface area contributed by atoms with Crippen LogP contribution in [0.5, 0.6) is 5.75 Å². The minimum absolute atomic E-state index is 0.118. The van der Waals surface area contributed by atoms with E-state index in [2.05, 4.69) is 20.5 Å². The van der Waals surface area contributed by atoms with Crippen LogP contribution in [0.4, 0.5) is 23.0 Å². The average Bonchev–Trinajstić information content (AvgIpc) is 3.68. The van der Waals surface area contributed by atoms with Gasteiger partial charge in [-0.05, 0) is 60.2 Å². The Balaban J connectivity index is 1.10. The first-order valence-electron chi connectivity index (χ1n) is 15.0. The highest BCUT2D eigenvalue weighted by molar-refractivity contribution is 8.24. The molecule has 11 nitrogen and oxygen atoms in total. The number of hydrogen-bond donors (Lipinski definition) is 4. The molecule has 0 unspecified atom stereocenters. The molecule has 3 aromatic heterocycles. The molecule has 3 aromatic carbocycles. The largest absolute Gasteiger partial charge is 0.497 e. The molecule has 0 bridgehead atoms. The van der Waals surface area contributed by atoms with Crippen molar-refractivity contribution in [2.75, 3.05) is 47.2 Å². The number of imidazole rings is 1. The van der Waals surface area contributed by atoms with E-state index in [1.807, 2.05) is 94.8 Å². The van der Waals surface area contributed by atoms with E-state index in [4.69, 9.17) is 14.7 Å². The Bertz CT molecular complexity index is 2020. The lowest BCUT2D eigenvalue weighted by molar-refractivity contribution is -0.115. The minimum atomic E-state index is -2.44. The highest BCUT2D eigenvalue weighted by atomic mass is 32.3. The Morgan fingerprint density at radius 1 is 0.979 bits per heavy atom. The van der Waals surface area contributed by atoms with Gasteiger partial charge in [0.2, 0.25) is 11.9 Å². The van der Waals surface area contributed by atoms with Gasteiger partial charge in [-0.25, -0.2) is 15.0 Å². The summed E-state index contributed by atoms with van der Waals surface area (Å²) in [6, 6.07) is 24.9. The van der Waals surface area contributed by atoms with Gasteiger partial charge in [0.15, 0.2) is 4.96 Å². The van der Waals surface area contributed by atoms with Crippen molar-refractivity contribution in [1.82, 2.24) is 19.4 Å². The second-order valence-corrected chi connectivity index (χ2v) is 14.4. The fourth-order valence-electron chi connectivity index (χ4n) is 5.53. The molecule has 1 saturated heterocycles. The molecule has 1 aliphatic rings. The molecule has 4 N–H and O–H groups in total. The molecular formula is C34H33N7O4S2. The third-order valence-corrected chi connectivity index (χ3v) is 10.4. The van der Waals surface area contributed by atoms with Crippen molar-refractivity contribution in [3.05, 3.63) is 102 Å². The first kappa shape index (κ1) is 30.7. The first-order chi connectivity index (χ1) is 22.8. The van der Waals surface area contributed by atoms with Gasteiger partial charge in [0.25, 0.3) is 0 Å². The third-order valence-electron chi connectivity index (χ3n) is 7.97. The van der Waals surface area contributed by atoms with E-state index in [0.717, 1.165) is 44.6 Å². The Morgan fingerprint density at radius 3 is 2.53 bits per heavy atom. The molecule has 13 heteroatoms. The van der Waals surface area contributed by atoms with E-state index in [1.54, 1.807) is 13.3 Å². The smallest absolute Gasteiger partial charge is 0.228 e. The Kier molecular flexibility index (Phi) is 8.52. The molecule has 0 radical (unpaired) electrons. The van der Waals surface area contributed by atoms with Crippen LogP contribution in [-0.4, -0.2) is 66.1 Å². The van der Waals surface area contributed by atoms with Gasteiger partial charge in [0, 0.05) is 53.5 Å². The first-order valence-corrected chi connectivity index (χ1v) is 17.8. The van der Waals surface area contributed by atoms with Crippen LogP contribution in [0.2, 0.25) is 0 Å². The molecule has 7 rings (SSSR count). The van der Waals surface area contributed by atoms with E-state index in [1.165, 1.54) is 11.3 Å². The zero-order valence-corrected chi connectivity index (χ0v) is 27.2. The Hall–Kier alpha value is -4.95. The molecule has 4 heterocycles. The van der Waals surface area contributed by atoms with E-state index >= 15 is 0 Å². The number of benzene rings is 3. The van der Waals surface area contributed by atoms with Crippen molar-refractivity contribution in [1.29, 1.82) is 0 Å². The van der Waals surface area contributed by atoms with Gasteiger partial charge in [0.05, 0.1) is 36.4 Å². The highest BCUT2D eigenvalue weighted by Gasteiger charge is 2.23. The lowest BCUT2D eigenvalue weighted by Crippen LogP contribution is -2.38. The number of anilines is 4. The number of nitrogens with zero attached hydrogens (tertiary/aromatic N) is 5. The number of ether oxygens (including phenoxy) is 1. The summed E-state index contributed by atoms with van der Waals surface area (Å²) in [5.41, 5.74) is 6.54. The predicted molar refractivity (Wildman–Crippen MR) is 189 cm³/mol. The molecule has 47 heavy (non-hydrogen) atoms. The number of aromatic nitrogens is 4. The van der Waals surface area contributed by atoms with E-state index in [-0.39, 0.29) is 12.3 Å². The monoisotopic (exact) mass is 667 g/mol. The van der Waals surface area contributed by atoms with Crippen LogP contribution in [-0.2, 0) is 11.2 Å². The average molecular weight is 668 g/mol. The number of fused-ring (bicyclic) bond motifs is 1. The zero-order chi connectivity index (χ0) is 32.4. The minimum Gasteiger partial charge on any atom is -0.497 e. The topological polar surface area (TPSA) is 137 Å². The summed E-state index contributed by atoms with van der Waals surface area (Å²) in [5.74, 6) is 1.86. The van der Waals surface area contributed by atoms with Crippen molar-refractivity contribution in [3.63, 3.8) is 0 Å². The van der Waals surface area contributed by atoms with Gasteiger partial charge in [-0.2, -0.15) is 10.6 Å². The number of carbonyl (C=O) groups excluding carboxylic acids is 1. The van der Waals surface area contributed by atoms with E-state index in [0.29, 0.717) is 41.9 Å². The van der Waals surface area contributed by atoms with Gasteiger partial charge < -0.3 is 20.3 Å². The van der Waals surface area contributed by atoms with Gasteiger partial charge in [-0.15, -0.1) is 11.3 Å². The van der Waals surface area contributed by atoms with Crippen LogP contribution in [0.25, 0.3) is 27.6 Å². The number of rotatable bonds is 9. The zero-order valence-electron chi connectivity index (χ0n) is 25.5. The second kappa shape index (κ2) is 13.0. The normalized spacial score (nSPS) is 14.9. The molecule has 1 fully saturated rings. The van der Waals surface area contributed by atoms with E-state index in [9.17, 15) is 13.9 Å². The molecule has 0 spiro atoms. The highest BCUT2D eigenvalue weighted by Crippen LogP contribution is 2.41. The standard InChI is InChI=1S/C34H33N7O4S2/c1-45-28-11-5-23(6-12-28)21-30(42)36-26-4-2-3-24(22-26)31-32(41-15-18-46-34(41)39-31)29-13-14-35-33(38-29)37-25-7-9-27(10-8-25)40-16-19-47(43,44)20-17-40/h2-15,18,22,43-44H,16-17,19-21H2,1H3,(H,36,42)(H,35,37,38). The van der Waals surface area contributed by atoms with Gasteiger partial charge in [0.1, 0.15) is 11.4 Å². The summed E-state index contributed by atoms with van der Waals surface area (Å²) >= 11 is 1.53. The molecule has 0 saturated carbocycles. The maximum Gasteiger partial charge on any atom is 0.228 e. The number of methoxy groups -OCH3 is 1. The Labute approximate surface area is 277 Å². The van der Waals surface area contributed by atoms with Gasteiger partial charge >= 0.3 is 0 Å². The number of carbonyl (C=O) groups is 1. The summed E-state index contributed by atoms with van der Waals surface area (Å²) in [7, 11) is -0.827. The third kappa shape index (κ3) is 6.93. The Morgan fingerprint density at radius 2 is 1.77 bits per heavy atom. The molecule has 0 aliphatic carbocycles. The van der Waals surface area contributed by atoms with Crippen LogP contribution in [0.3, 0.4) is 0 Å². The quantitative estimate of drug-likeness (QED) is 0.128. The number of hydrogen-bond acceptors (Lipinski definition) is 10. The van der Waals surface area contributed by atoms with Crippen LogP contribution >= 0.6 is 21.9 Å². The van der Waals surface area contributed by atoms with Crippen LogP contribution in [0.15, 0.2) is 96.6 Å². The number of nitrogens with one attached hydrogen (secondary N) is 2. The van der Waals surface area contributed by atoms with Crippen molar-refractivity contribution in [3.8, 4) is 28.4 Å². The number of amides is 1. The van der Waals surface area contributed by atoms with E-state index < -0.39 is 10.6 Å². The predicted octanol–water partition coefficient (Wildman–Crippen LogP) is 7.02. The van der Waals surface area contributed by atoms with Crippen molar-refractivity contribution >= 4 is 55.8 Å². The summed E-state index contributed by atoms with van der Waals surface area (Å²) in [4.78, 5) is 30.1. The summed E-state index contributed by atoms with van der Waals surface area (Å²) in [6.45, 7) is 1.23. The van der Waals surface area contributed by atoms with Gasteiger partial charge in [-0.3, -0.25) is 18.3 Å². The summed E-state index contributed by atoms with van der Waals surface area (Å²) in [5, 5.41) is 8.31. The molecule has 1 aliphatic heterocycles. The fraction of sp³-hybridized carbons (Fsp3) is 0.176. The maximum absolute atomic E-state index is 12.9. The maximum atomic E-state index is 12.9. The van der Waals surface area contributed by atoms with Gasteiger partial charge in [-0.1, -0.05) is 24.3 Å². The molecule has 240 valence electrons. The van der Waals surface area contributed by atoms with Crippen molar-refractivity contribution in [2.24, 2.45) is 0 Å². The SMILES string of the molecule is COc1ccc(CC(=O)Nc2cccc(-c3nc4sccn4c3-c3ccnc(Nc4ccc(N5CCS(O)(O)CC5)cc4)n3)c2)cc1. The summed E-state index contributed by atoms with van der Waals surface area (Å²) < 4.78 is 27.1. The number of thiazole rings is 1. The van der Waals surface area contributed by atoms with Crippen LogP contribution < -0.4 is 20.3 Å². The fourth-order valence-corrected chi connectivity index (χ4v) is 7.47. The molecule has 6 aromatic rings. The van der Waals surface area contributed by atoms with Crippen molar-refractivity contribution in [2.45, 2.75) is 6.42 Å². The van der Waals surface area contributed by atoms with Crippen LogP contribution in [0, 0.1) is 0 Å². The summed E-state index contributed by atoms with van der Waals surface area (Å²) in [6.07, 6.45) is 3.93. The lowest BCUT2D eigenvalue weighted by Gasteiger charge is -2.41. The molecule has 1 amide bonds. The molecular weight excluding hydrogens is 635 g/mol. The lowest BCUT2D eigenvalue weighted by atomic mass is 10.1. The molecule has 0 atom stereocenters. The second-order valence-electron chi connectivity index (χ2n) is 11.2.